The number of aliphatic carboxylic acids is 1. The zero-order chi connectivity index (χ0) is 23.4. The van der Waals surface area contributed by atoms with Crippen LogP contribution in [0.5, 0.6) is 0 Å². The molecule has 2 heterocycles. The molecule has 2 aromatic heterocycles. The average Bonchev–Trinajstić information content (AvgIpc) is 3.32. The third-order valence-electron chi connectivity index (χ3n) is 6.44. The van der Waals surface area contributed by atoms with Gasteiger partial charge in [-0.05, 0) is 54.8 Å². The van der Waals surface area contributed by atoms with Crippen molar-refractivity contribution in [1.82, 2.24) is 14.9 Å². The summed E-state index contributed by atoms with van der Waals surface area (Å²) >= 11 is 1.74. The van der Waals surface area contributed by atoms with Gasteiger partial charge in [0, 0.05) is 22.9 Å². The van der Waals surface area contributed by atoms with Gasteiger partial charge in [-0.2, -0.15) is 0 Å². The Kier molecular flexibility index (Phi) is 7.48. The molecule has 0 spiro atoms. The van der Waals surface area contributed by atoms with E-state index in [1.165, 1.54) is 30.6 Å². The van der Waals surface area contributed by atoms with Gasteiger partial charge in [-0.25, -0.2) is 9.78 Å². The van der Waals surface area contributed by atoms with Crippen molar-refractivity contribution >= 4 is 34.2 Å². The molecule has 1 aromatic carbocycles. The van der Waals surface area contributed by atoms with E-state index >= 15 is 0 Å². The van der Waals surface area contributed by atoms with Gasteiger partial charge >= 0.3 is 5.97 Å². The van der Waals surface area contributed by atoms with E-state index in [1.54, 1.807) is 17.4 Å². The third kappa shape index (κ3) is 5.64. The molecule has 0 bridgehead atoms. The van der Waals surface area contributed by atoms with Crippen molar-refractivity contribution in [3.63, 3.8) is 0 Å². The quantitative estimate of drug-likeness (QED) is 0.409. The molecule has 0 unspecified atom stereocenters. The fourth-order valence-electron chi connectivity index (χ4n) is 4.84. The number of carbonyl (C=O) groups excluding carboxylic acids is 1. The van der Waals surface area contributed by atoms with Crippen molar-refractivity contribution < 1.29 is 14.7 Å². The summed E-state index contributed by atoms with van der Waals surface area (Å²) in [4.78, 5) is 30.7. The van der Waals surface area contributed by atoms with E-state index in [2.05, 4.69) is 27.4 Å². The van der Waals surface area contributed by atoms with E-state index in [0.29, 0.717) is 18.0 Å². The molecule has 1 amide bonds. The van der Waals surface area contributed by atoms with Crippen LogP contribution in [0, 0.1) is 5.92 Å². The maximum Gasteiger partial charge on any atom is 0.326 e. The molecule has 6 nitrogen and oxygen atoms in total. The zero-order valence-corrected chi connectivity index (χ0v) is 20.2. The first-order valence-electron chi connectivity index (χ1n) is 12.0. The van der Waals surface area contributed by atoms with Crippen LogP contribution in [-0.2, 0) is 11.2 Å². The second kappa shape index (κ2) is 10.5. The smallest absolute Gasteiger partial charge is 0.326 e. The van der Waals surface area contributed by atoms with E-state index < -0.39 is 12.0 Å². The minimum atomic E-state index is -1.01. The molecule has 1 aliphatic rings. The normalized spacial score (nSPS) is 16.1. The number of hydrogen-bond acceptors (Lipinski definition) is 4. The molecule has 0 aliphatic heterocycles. The van der Waals surface area contributed by atoms with E-state index in [4.69, 9.17) is 4.98 Å². The fraction of sp³-hybridized carbons (Fsp3) is 0.500. The Morgan fingerprint density at radius 2 is 1.94 bits per heavy atom. The lowest BCUT2D eigenvalue weighted by Crippen LogP contribution is -2.41. The van der Waals surface area contributed by atoms with E-state index in [-0.39, 0.29) is 11.8 Å². The number of carbonyl (C=O) groups is 2. The van der Waals surface area contributed by atoms with Gasteiger partial charge in [0.2, 0.25) is 0 Å². The molecular formula is C26H33N3O3S. The number of imidazole rings is 1. The van der Waals surface area contributed by atoms with Crippen molar-refractivity contribution in [2.24, 2.45) is 5.92 Å². The summed E-state index contributed by atoms with van der Waals surface area (Å²) in [6.45, 7) is 3.90. The minimum absolute atomic E-state index is 0.170. The van der Waals surface area contributed by atoms with Gasteiger partial charge < -0.3 is 15.0 Å². The number of thiophene rings is 1. The molecule has 4 rings (SSSR count). The van der Waals surface area contributed by atoms with Crippen LogP contribution in [-0.4, -0.2) is 32.6 Å². The van der Waals surface area contributed by atoms with Crippen LogP contribution in [0.2, 0.25) is 0 Å². The predicted octanol–water partition coefficient (Wildman–Crippen LogP) is 5.81. The zero-order valence-electron chi connectivity index (χ0n) is 19.4. The number of carboxylic acids is 1. The molecule has 3 aromatic rings. The third-order valence-corrected chi connectivity index (χ3v) is 7.31. The van der Waals surface area contributed by atoms with Crippen molar-refractivity contribution in [3.8, 4) is 0 Å². The van der Waals surface area contributed by atoms with Gasteiger partial charge in [0.1, 0.15) is 11.9 Å². The molecule has 0 radical (unpaired) electrons. The van der Waals surface area contributed by atoms with Gasteiger partial charge in [0.05, 0.1) is 11.0 Å². The van der Waals surface area contributed by atoms with Gasteiger partial charge in [-0.3, -0.25) is 4.79 Å². The van der Waals surface area contributed by atoms with Crippen LogP contribution in [0.25, 0.3) is 11.0 Å². The fourth-order valence-corrected chi connectivity index (χ4v) is 5.54. The van der Waals surface area contributed by atoms with Crippen molar-refractivity contribution in [1.29, 1.82) is 0 Å². The second-order valence-electron chi connectivity index (χ2n) is 9.50. The predicted molar refractivity (Wildman–Crippen MR) is 132 cm³/mol. The Morgan fingerprint density at radius 3 is 2.58 bits per heavy atom. The van der Waals surface area contributed by atoms with E-state index in [9.17, 15) is 14.7 Å². The van der Waals surface area contributed by atoms with Crippen LogP contribution in [0.15, 0.2) is 35.7 Å². The lowest BCUT2D eigenvalue weighted by Gasteiger charge is -2.20. The molecule has 7 heteroatoms. The van der Waals surface area contributed by atoms with Crippen molar-refractivity contribution in [3.05, 3.63) is 52.0 Å². The number of carboxylic acid groups (broad SMARTS) is 1. The monoisotopic (exact) mass is 467 g/mol. The highest BCUT2D eigenvalue weighted by molar-refractivity contribution is 7.09. The topological polar surface area (TPSA) is 84.2 Å². The Balaban J connectivity index is 1.66. The molecule has 1 atom stereocenters. The van der Waals surface area contributed by atoms with Crippen molar-refractivity contribution in [2.75, 3.05) is 0 Å². The largest absolute Gasteiger partial charge is 0.480 e. The molecule has 33 heavy (non-hydrogen) atoms. The lowest BCUT2D eigenvalue weighted by molar-refractivity contribution is -0.139. The minimum Gasteiger partial charge on any atom is -0.480 e. The number of nitrogens with zero attached hydrogens (tertiary/aromatic N) is 2. The van der Waals surface area contributed by atoms with E-state index in [1.807, 2.05) is 26.0 Å². The molecular weight excluding hydrogens is 434 g/mol. The maximum absolute atomic E-state index is 12.9. The molecule has 1 saturated carbocycles. The summed E-state index contributed by atoms with van der Waals surface area (Å²) in [6.07, 6.45) is 8.51. The van der Waals surface area contributed by atoms with Gasteiger partial charge in [0.25, 0.3) is 5.91 Å². The van der Waals surface area contributed by atoms with Gasteiger partial charge in [0.15, 0.2) is 0 Å². The Labute approximate surface area is 199 Å². The van der Waals surface area contributed by atoms with Crippen LogP contribution >= 0.6 is 11.3 Å². The number of rotatable bonds is 8. The number of amides is 1. The average molecular weight is 468 g/mol. The number of nitrogens with one attached hydrogen (secondary N) is 1. The first kappa shape index (κ1) is 23.5. The highest BCUT2D eigenvalue weighted by Gasteiger charge is 2.24. The molecule has 1 aliphatic carbocycles. The first-order chi connectivity index (χ1) is 15.9. The molecule has 0 saturated heterocycles. The summed E-state index contributed by atoms with van der Waals surface area (Å²) < 4.78 is 2.40. The standard InChI is InChI=1S/C26H33N3O3S/c1-17(2)14-22(26(31)32)28-25(30)18-11-12-23-21(15-18)27-24(16-20-10-7-13-33-20)29(23)19-8-5-3-4-6-9-19/h7,10-13,15,17,19,22H,3-6,8-9,14,16H2,1-2H3,(H,28,30)(H,31,32)/t22-/m0/s1. The summed E-state index contributed by atoms with van der Waals surface area (Å²) in [7, 11) is 0. The van der Waals surface area contributed by atoms with Gasteiger partial charge in [-0.15, -0.1) is 11.3 Å². The SMILES string of the molecule is CC(C)C[C@H](NC(=O)c1ccc2c(c1)nc(Cc1cccs1)n2C1CCCCCC1)C(=O)O. The molecule has 176 valence electrons. The Bertz CT molecular complexity index is 1100. The van der Waals surface area contributed by atoms with Crippen LogP contribution < -0.4 is 5.32 Å². The molecule has 1 fully saturated rings. The summed E-state index contributed by atoms with van der Waals surface area (Å²) in [5, 5.41) is 14.3. The number of benzene rings is 1. The summed E-state index contributed by atoms with van der Waals surface area (Å²) in [6, 6.07) is 9.33. The van der Waals surface area contributed by atoms with Crippen LogP contribution in [0.3, 0.4) is 0 Å². The van der Waals surface area contributed by atoms with E-state index in [0.717, 1.165) is 36.1 Å². The number of aromatic nitrogens is 2. The summed E-state index contributed by atoms with van der Waals surface area (Å²) in [5.41, 5.74) is 2.31. The summed E-state index contributed by atoms with van der Waals surface area (Å²) in [5.74, 6) is -0.160. The maximum atomic E-state index is 12.9. The Hall–Kier alpha value is -2.67. The Morgan fingerprint density at radius 1 is 1.18 bits per heavy atom. The first-order valence-corrected chi connectivity index (χ1v) is 12.9. The highest BCUT2D eigenvalue weighted by atomic mass is 32.1. The van der Waals surface area contributed by atoms with Crippen LogP contribution in [0.4, 0.5) is 0 Å². The van der Waals surface area contributed by atoms with Crippen LogP contribution in [0.1, 0.15) is 85.9 Å². The number of hydrogen-bond donors (Lipinski definition) is 2. The van der Waals surface area contributed by atoms with Gasteiger partial charge in [-0.1, -0.05) is 45.6 Å². The van der Waals surface area contributed by atoms with Crippen molar-refractivity contribution in [2.45, 2.75) is 77.3 Å². The second-order valence-corrected chi connectivity index (χ2v) is 10.5. The lowest BCUT2D eigenvalue weighted by atomic mass is 10.0. The highest BCUT2D eigenvalue weighted by Crippen LogP contribution is 2.33. The molecule has 2 N–H and O–H groups in total. The number of fused-ring (bicyclic) bond motifs is 1.